The standard InChI is InChI=1S/C25H22F3N7O2S2/c1-16(36)33-9-11-34(12-10-33)23(37)20-14-38-21(30-20)15-39-24-32-31-22(17-5-7-29-8-6-17)35(24)19-4-2-3-18(13-19)25(26,27)28/h2-8,13-14H,9-12,15H2,1H3. The quantitative estimate of drug-likeness (QED) is 0.316. The van der Waals surface area contributed by atoms with E-state index in [1.807, 2.05) is 0 Å². The van der Waals surface area contributed by atoms with Crippen LogP contribution < -0.4 is 0 Å². The van der Waals surface area contributed by atoms with Crippen LogP contribution in [0.15, 0.2) is 59.3 Å². The Morgan fingerprint density at radius 2 is 1.74 bits per heavy atom. The minimum absolute atomic E-state index is 0.0138. The van der Waals surface area contributed by atoms with Crippen molar-refractivity contribution in [1.82, 2.24) is 34.5 Å². The monoisotopic (exact) mass is 573 g/mol. The molecule has 1 aliphatic heterocycles. The highest BCUT2D eigenvalue weighted by Gasteiger charge is 2.31. The topological polar surface area (TPSA) is 97.1 Å². The lowest BCUT2D eigenvalue weighted by molar-refractivity contribution is -0.137. The van der Waals surface area contributed by atoms with Crippen LogP contribution in [0.3, 0.4) is 0 Å². The van der Waals surface area contributed by atoms with Crippen LogP contribution in [-0.2, 0) is 16.7 Å². The van der Waals surface area contributed by atoms with Gasteiger partial charge in [0.15, 0.2) is 11.0 Å². The fourth-order valence-corrected chi connectivity index (χ4v) is 5.83. The molecule has 1 aromatic carbocycles. The number of hydrogen-bond acceptors (Lipinski definition) is 8. The summed E-state index contributed by atoms with van der Waals surface area (Å²) in [6.45, 7) is 3.36. The second kappa shape index (κ2) is 11.1. The van der Waals surface area contributed by atoms with E-state index in [9.17, 15) is 22.8 Å². The Kier molecular flexibility index (Phi) is 7.66. The summed E-state index contributed by atoms with van der Waals surface area (Å²) in [5, 5.41) is 11.2. The summed E-state index contributed by atoms with van der Waals surface area (Å²) < 4.78 is 41.9. The number of aromatic nitrogens is 5. The first kappa shape index (κ1) is 26.8. The normalized spacial score (nSPS) is 14.1. The molecule has 0 saturated carbocycles. The lowest BCUT2D eigenvalue weighted by atomic mass is 10.2. The van der Waals surface area contributed by atoms with Gasteiger partial charge in [0.2, 0.25) is 5.91 Å². The molecule has 1 saturated heterocycles. The van der Waals surface area contributed by atoms with Crippen LogP contribution in [0.25, 0.3) is 17.1 Å². The Balaban J connectivity index is 1.36. The van der Waals surface area contributed by atoms with Crippen molar-refractivity contribution < 1.29 is 22.8 Å². The first-order valence-electron chi connectivity index (χ1n) is 11.9. The Labute approximate surface area is 229 Å². The third-order valence-electron chi connectivity index (χ3n) is 6.11. The van der Waals surface area contributed by atoms with Gasteiger partial charge in [-0.15, -0.1) is 21.5 Å². The molecular formula is C25H22F3N7O2S2. The van der Waals surface area contributed by atoms with Gasteiger partial charge in [-0.05, 0) is 30.3 Å². The van der Waals surface area contributed by atoms with Crippen molar-refractivity contribution >= 4 is 34.9 Å². The second-order valence-corrected chi connectivity index (χ2v) is 10.5. The number of hydrogen-bond donors (Lipinski definition) is 0. The molecule has 0 atom stereocenters. The van der Waals surface area contributed by atoms with E-state index in [-0.39, 0.29) is 17.5 Å². The molecular weight excluding hydrogens is 551 g/mol. The molecule has 0 bridgehead atoms. The van der Waals surface area contributed by atoms with E-state index in [0.29, 0.717) is 59.2 Å². The number of halogens is 3. The molecule has 4 aromatic rings. The number of carbonyl (C=O) groups is 2. The first-order chi connectivity index (χ1) is 18.7. The summed E-state index contributed by atoms with van der Waals surface area (Å²) in [6.07, 6.45) is -1.36. The number of nitrogens with zero attached hydrogens (tertiary/aromatic N) is 7. The maximum absolute atomic E-state index is 13.5. The molecule has 2 amide bonds. The van der Waals surface area contributed by atoms with E-state index in [4.69, 9.17) is 0 Å². The van der Waals surface area contributed by atoms with Crippen molar-refractivity contribution in [3.8, 4) is 17.1 Å². The smallest absolute Gasteiger partial charge is 0.339 e. The van der Waals surface area contributed by atoms with Crippen molar-refractivity contribution in [3.63, 3.8) is 0 Å². The van der Waals surface area contributed by atoms with Gasteiger partial charge in [-0.3, -0.25) is 19.1 Å². The summed E-state index contributed by atoms with van der Waals surface area (Å²) in [6, 6.07) is 8.40. The van der Waals surface area contributed by atoms with E-state index in [1.165, 1.54) is 36.1 Å². The molecule has 5 rings (SSSR count). The SMILES string of the molecule is CC(=O)N1CCN(C(=O)c2csc(CSc3nnc(-c4ccncc4)n3-c3cccc(C(F)(F)F)c3)n2)CC1. The van der Waals surface area contributed by atoms with E-state index < -0.39 is 11.7 Å². The highest BCUT2D eigenvalue weighted by molar-refractivity contribution is 7.98. The fraction of sp³-hybridized carbons (Fsp3) is 0.280. The Bertz CT molecular complexity index is 1480. The first-order valence-corrected chi connectivity index (χ1v) is 13.7. The van der Waals surface area contributed by atoms with Gasteiger partial charge in [-0.2, -0.15) is 13.2 Å². The van der Waals surface area contributed by atoms with Gasteiger partial charge >= 0.3 is 6.18 Å². The summed E-state index contributed by atoms with van der Waals surface area (Å²) in [5.74, 6) is 0.501. The van der Waals surface area contributed by atoms with Crippen LogP contribution in [0.4, 0.5) is 13.2 Å². The largest absolute Gasteiger partial charge is 0.416 e. The highest BCUT2D eigenvalue weighted by atomic mass is 32.2. The van der Waals surface area contributed by atoms with Gasteiger partial charge in [0.05, 0.1) is 17.0 Å². The zero-order valence-corrected chi connectivity index (χ0v) is 22.3. The van der Waals surface area contributed by atoms with E-state index in [2.05, 4.69) is 20.2 Å². The summed E-state index contributed by atoms with van der Waals surface area (Å²) in [7, 11) is 0. The molecule has 0 unspecified atom stereocenters. The minimum atomic E-state index is -4.50. The van der Waals surface area contributed by atoms with Crippen molar-refractivity contribution in [2.24, 2.45) is 0 Å². The molecule has 4 heterocycles. The van der Waals surface area contributed by atoms with Gasteiger partial charge in [0, 0.05) is 56.4 Å². The molecule has 9 nitrogen and oxygen atoms in total. The maximum Gasteiger partial charge on any atom is 0.416 e. The molecule has 14 heteroatoms. The lowest BCUT2D eigenvalue weighted by Crippen LogP contribution is -2.50. The van der Waals surface area contributed by atoms with E-state index >= 15 is 0 Å². The van der Waals surface area contributed by atoms with Crippen molar-refractivity contribution in [3.05, 3.63) is 70.4 Å². The summed E-state index contributed by atoms with van der Waals surface area (Å²) in [4.78, 5) is 36.3. The lowest BCUT2D eigenvalue weighted by Gasteiger charge is -2.33. The molecule has 0 N–H and O–H groups in total. The third-order valence-corrected chi connectivity index (χ3v) is 8.08. The molecule has 0 spiro atoms. The number of amides is 2. The van der Waals surface area contributed by atoms with Crippen molar-refractivity contribution in [2.75, 3.05) is 26.2 Å². The van der Waals surface area contributed by atoms with Crippen LogP contribution in [0.2, 0.25) is 0 Å². The molecule has 0 radical (unpaired) electrons. The Morgan fingerprint density at radius 3 is 2.44 bits per heavy atom. The van der Waals surface area contributed by atoms with Crippen molar-refractivity contribution in [2.45, 2.75) is 24.0 Å². The summed E-state index contributed by atoms with van der Waals surface area (Å²) in [5.41, 5.74) is 0.457. The van der Waals surface area contributed by atoms with E-state index in [1.54, 1.807) is 50.3 Å². The fourth-order valence-electron chi connectivity index (χ4n) is 4.09. The molecule has 39 heavy (non-hydrogen) atoms. The van der Waals surface area contributed by atoms with Crippen LogP contribution in [0.1, 0.15) is 28.0 Å². The number of benzene rings is 1. The van der Waals surface area contributed by atoms with Gasteiger partial charge in [0.25, 0.3) is 5.91 Å². The number of piperazine rings is 1. The number of alkyl halides is 3. The number of carbonyl (C=O) groups excluding carboxylic acids is 2. The Hall–Kier alpha value is -3.78. The van der Waals surface area contributed by atoms with Gasteiger partial charge < -0.3 is 9.80 Å². The number of pyridine rings is 1. The van der Waals surface area contributed by atoms with Crippen LogP contribution in [0, 0.1) is 0 Å². The predicted octanol–water partition coefficient (Wildman–Crippen LogP) is 4.40. The Morgan fingerprint density at radius 1 is 1.03 bits per heavy atom. The molecule has 3 aromatic heterocycles. The average molecular weight is 574 g/mol. The number of thiazole rings is 1. The highest BCUT2D eigenvalue weighted by Crippen LogP contribution is 2.34. The maximum atomic E-state index is 13.5. The molecule has 1 fully saturated rings. The number of rotatable bonds is 6. The molecule has 1 aliphatic rings. The average Bonchev–Trinajstić information content (AvgIpc) is 3.59. The zero-order chi connectivity index (χ0) is 27.6. The van der Waals surface area contributed by atoms with Crippen LogP contribution in [-0.4, -0.2) is 72.5 Å². The van der Waals surface area contributed by atoms with Crippen molar-refractivity contribution in [1.29, 1.82) is 0 Å². The minimum Gasteiger partial charge on any atom is -0.339 e. The number of thioether (sulfide) groups is 1. The molecule has 202 valence electrons. The van der Waals surface area contributed by atoms with Crippen LogP contribution >= 0.6 is 23.1 Å². The molecule has 0 aliphatic carbocycles. The summed E-state index contributed by atoms with van der Waals surface area (Å²) >= 11 is 2.58. The second-order valence-electron chi connectivity index (χ2n) is 8.64. The van der Waals surface area contributed by atoms with Gasteiger partial charge in [0.1, 0.15) is 10.7 Å². The zero-order valence-electron chi connectivity index (χ0n) is 20.6. The predicted molar refractivity (Wildman–Crippen MR) is 139 cm³/mol. The van der Waals surface area contributed by atoms with Crippen LogP contribution in [0.5, 0.6) is 0 Å². The van der Waals surface area contributed by atoms with E-state index in [0.717, 1.165) is 12.1 Å². The third kappa shape index (κ3) is 5.96. The van der Waals surface area contributed by atoms with Gasteiger partial charge in [-0.1, -0.05) is 17.8 Å². The van der Waals surface area contributed by atoms with Gasteiger partial charge in [-0.25, -0.2) is 4.98 Å².